The predicted octanol–water partition coefficient (Wildman–Crippen LogP) is 2.19. The lowest BCUT2D eigenvalue weighted by Gasteiger charge is -2.16. The fourth-order valence-electron chi connectivity index (χ4n) is 2.49. The fourth-order valence-corrected chi connectivity index (χ4v) is 4.16. The van der Waals surface area contributed by atoms with Gasteiger partial charge in [-0.05, 0) is 30.0 Å². The predicted molar refractivity (Wildman–Crippen MR) is 113 cm³/mol. The Morgan fingerprint density at radius 3 is 2.76 bits per heavy atom. The van der Waals surface area contributed by atoms with Crippen LogP contribution in [0.15, 0.2) is 29.3 Å². The summed E-state index contributed by atoms with van der Waals surface area (Å²) in [5, 5.41) is 6.40. The van der Waals surface area contributed by atoms with Gasteiger partial charge in [0, 0.05) is 19.6 Å². The minimum absolute atomic E-state index is 0. The molecule has 1 unspecified atom stereocenters. The van der Waals surface area contributed by atoms with E-state index in [0.717, 1.165) is 11.3 Å². The molecule has 0 bridgehead atoms. The van der Waals surface area contributed by atoms with Crippen molar-refractivity contribution in [2.45, 2.75) is 32.9 Å². The molecule has 0 amide bonds. The van der Waals surface area contributed by atoms with Crippen LogP contribution >= 0.6 is 24.0 Å². The number of ether oxygens (including phenoxy) is 1. The third kappa shape index (κ3) is 7.81. The molecule has 0 saturated carbocycles. The highest BCUT2D eigenvalue weighted by molar-refractivity contribution is 14.0. The van der Waals surface area contributed by atoms with Crippen LogP contribution in [0.3, 0.4) is 0 Å². The molecular formula is C17H28IN3O3S. The zero-order valence-corrected chi connectivity index (χ0v) is 18.1. The van der Waals surface area contributed by atoms with Crippen LogP contribution < -0.4 is 15.4 Å². The van der Waals surface area contributed by atoms with Crippen LogP contribution in [0.4, 0.5) is 0 Å². The maximum absolute atomic E-state index is 11.5. The molecule has 2 rings (SSSR count). The molecule has 0 aliphatic carbocycles. The van der Waals surface area contributed by atoms with Crippen molar-refractivity contribution < 1.29 is 13.2 Å². The number of halogens is 1. The van der Waals surface area contributed by atoms with Gasteiger partial charge in [-0.15, -0.1) is 24.0 Å². The van der Waals surface area contributed by atoms with E-state index >= 15 is 0 Å². The SMILES string of the molecule is CN=C(NCc1cccc(OCC(C)C)c1)NC1CCS(=O)(=O)C1.I. The zero-order valence-electron chi connectivity index (χ0n) is 15.0. The molecule has 1 aliphatic rings. The summed E-state index contributed by atoms with van der Waals surface area (Å²) in [4.78, 5) is 4.16. The van der Waals surface area contributed by atoms with E-state index in [1.54, 1.807) is 7.05 Å². The Balaban J connectivity index is 0.00000312. The number of hydrogen-bond donors (Lipinski definition) is 2. The second-order valence-electron chi connectivity index (χ2n) is 6.52. The van der Waals surface area contributed by atoms with Gasteiger partial charge in [-0.1, -0.05) is 26.0 Å². The first-order chi connectivity index (χ1) is 11.4. The van der Waals surface area contributed by atoms with E-state index in [2.05, 4.69) is 29.5 Å². The molecule has 1 heterocycles. The second-order valence-corrected chi connectivity index (χ2v) is 8.75. The number of sulfone groups is 1. The Labute approximate surface area is 167 Å². The number of guanidine groups is 1. The summed E-state index contributed by atoms with van der Waals surface area (Å²) in [7, 11) is -1.22. The first-order valence-corrected chi connectivity index (χ1v) is 10.1. The summed E-state index contributed by atoms with van der Waals surface area (Å²) in [6, 6.07) is 7.86. The molecular weight excluding hydrogens is 453 g/mol. The molecule has 1 saturated heterocycles. The summed E-state index contributed by atoms with van der Waals surface area (Å²) >= 11 is 0. The van der Waals surface area contributed by atoms with Crippen molar-refractivity contribution in [1.29, 1.82) is 0 Å². The van der Waals surface area contributed by atoms with Crippen molar-refractivity contribution in [2.75, 3.05) is 25.2 Å². The number of rotatable bonds is 6. The van der Waals surface area contributed by atoms with Gasteiger partial charge in [0.25, 0.3) is 0 Å². The second kappa shape index (κ2) is 10.2. The van der Waals surface area contributed by atoms with Gasteiger partial charge in [-0.2, -0.15) is 0 Å². The van der Waals surface area contributed by atoms with Gasteiger partial charge < -0.3 is 15.4 Å². The molecule has 6 nitrogen and oxygen atoms in total. The Bertz CT molecular complexity index is 677. The van der Waals surface area contributed by atoms with E-state index in [1.165, 1.54) is 0 Å². The van der Waals surface area contributed by atoms with E-state index in [0.29, 0.717) is 31.4 Å². The minimum atomic E-state index is -2.90. The third-order valence-corrected chi connectivity index (χ3v) is 5.51. The quantitative estimate of drug-likeness (QED) is 0.370. The van der Waals surface area contributed by atoms with E-state index < -0.39 is 9.84 Å². The van der Waals surface area contributed by atoms with E-state index in [-0.39, 0.29) is 41.5 Å². The average molecular weight is 481 g/mol. The van der Waals surface area contributed by atoms with Crippen molar-refractivity contribution in [1.82, 2.24) is 10.6 Å². The molecule has 1 aliphatic heterocycles. The van der Waals surface area contributed by atoms with Crippen LogP contribution in [0.5, 0.6) is 5.75 Å². The van der Waals surface area contributed by atoms with Gasteiger partial charge in [-0.3, -0.25) is 4.99 Å². The summed E-state index contributed by atoms with van der Waals surface area (Å²) in [6.07, 6.45) is 0.627. The minimum Gasteiger partial charge on any atom is -0.493 e. The molecule has 1 fully saturated rings. The summed E-state index contributed by atoms with van der Waals surface area (Å²) in [5.74, 6) is 2.37. The highest BCUT2D eigenvalue weighted by Gasteiger charge is 2.28. The van der Waals surface area contributed by atoms with Crippen LogP contribution in [-0.2, 0) is 16.4 Å². The van der Waals surface area contributed by atoms with Gasteiger partial charge in [0.15, 0.2) is 15.8 Å². The highest BCUT2D eigenvalue weighted by atomic mass is 127. The van der Waals surface area contributed by atoms with Gasteiger partial charge in [0.05, 0.1) is 18.1 Å². The van der Waals surface area contributed by atoms with Crippen molar-refractivity contribution in [3.8, 4) is 5.75 Å². The maximum Gasteiger partial charge on any atom is 0.191 e. The summed E-state index contributed by atoms with van der Waals surface area (Å²) < 4.78 is 28.8. The van der Waals surface area contributed by atoms with Crippen LogP contribution in [-0.4, -0.2) is 45.6 Å². The number of benzene rings is 1. The van der Waals surface area contributed by atoms with E-state index in [9.17, 15) is 8.42 Å². The maximum atomic E-state index is 11.5. The van der Waals surface area contributed by atoms with Crippen molar-refractivity contribution in [2.24, 2.45) is 10.9 Å². The van der Waals surface area contributed by atoms with Gasteiger partial charge in [-0.25, -0.2) is 8.42 Å². The van der Waals surface area contributed by atoms with Crippen LogP contribution in [0.25, 0.3) is 0 Å². The number of nitrogens with one attached hydrogen (secondary N) is 2. The molecule has 0 radical (unpaired) electrons. The zero-order chi connectivity index (χ0) is 17.6. The van der Waals surface area contributed by atoms with E-state index in [4.69, 9.17) is 4.74 Å². The number of hydrogen-bond acceptors (Lipinski definition) is 4. The Kier molecular flexibility index (Phi) is 8.98. The first kappa shape index (κ1) is 22.0. The Hall–Kier alpha value is -1.03. The van der Waals surface area contributed by atoms with Crippen molar-refractivity contribution >= 4 is 39.8 Å². The number of nitrogens with zero attached hydrogens (tertiary/aromatic N) is 1. The van der Waals surface area contributed by atoms with Gasteiger partial charge in [0.1, 0.15) is 5.75 Å². The standard InChI is InChI=1S/C17H27N3O3S.HI/c1-13(2)11-23-16-6-4-5-14(9-16)10-19-17(18-3)20-15-7-8-24(21,22)12-15;/h4-6,9,13,15H,7-8,10-12H2,1-3H3,(H2,18,19,20);1H. The molecule has 0 spiro atoms. The normalized spacial score (nSPS) is 19.4. The first-order valence-electron chi connectivity index (χ1n) is 8.27. The molecule has 25 heavy (non-hydrogen) atoms. The fraction of sp³-hybridized carbons (Fsp3) is 0.588. The van der Waals surface area contributed by atoms with Gasteiger partial charge >= 0.3 is 0 Å². The average Bonchev–Trinajstić information content (AvgIpc) is 2.88. The molecule has 1 aromatic rings. The smallest absolute Gasteiger partial charge is 0.191 e. The molecule has 8 heteroatoms. The Morgan fingerprint density at radius 2 is 2.16 bits per heavy atom. The topological polar surface area (TPSA) is 79.8 Å². The van der Waals surface area contributed by atoms with Gasteiger partial charge in [0.2, 0.25) is 0 Å². The van der Waals surface area contributed by atoms with Crippen LogP contribution in [0.1, 0.15) is 25.8 Å². The summed E-state index contributed by atoms with van der Waals surface area (Å²) in [5.41, 5.74) is 1.08. The lowest BCUT2D eigenvalue weighted by atomic mass is 10.2. The third-order valence-electron chi connectivity index (χ3n) is 3.74. The van der Waals surface area contributed by atoms with Crippen LogP contribution in [0, 0.1) is 5.92 Å². The lowest BCUT2D eigenvalue weighted by molar-refractivity contribution is 0.271. The molecule has 142 valence electrons. The van der Waals surface area contributed by atoms with Crippen LogP contribution in [0.2, 0.25) is 0 Å². The monoisotopic (exact) mass is 481 g/mol. The van der Waals surface area contributed by atoms with Crippen molar-refractivity contribution in [3.05, 3.63) is 29.8 Å². The van der Waals surface area contributed by atoms with E-state index in [1.807, 2.05) is 24.3 Å². The molecule has 1 atom stereocenters. The lowest BCUT2D eigenvalue weighted by Crippen LogP contribution is -2.43. The summed E-state index contributed by atoms with van der Waals surface area (Å²) in [6.45, 7) is 5.52. The Morgan fingerprint density at radius 1 is 1.40 bits per heavy atom. The molecule has 0 aromatic heterocycles. The molecule has 1 aromatic carbocycles. The highest BCUT2D eigenvalue weighted by Crippen LogP contribution is 2.14. The largest absolute Gasteiger partial charge is 0.493 e. The number of aliphatic imine (C=N–C) groups is 1. The molecule has 2 N–H and O–H groups in total. The van der Waals surface area contributed by atoms with Crippen molar-refractivity contribution in [3.63, 3.8) is 0 Å².